The van der Waals surface area contributed by atoms with Crippen molar-refractivity contribution in [1.82, 2.24) is 15.2 Å². The van der Waals surface area contributed by atoms with Gasteiger partial charge < -0.3 is 9.52 Å². The van der Waals surface area contributed by atoms with E-state index in [2.05, 4.69) is 15.2 Å². The van der Waals surface area contributed by atoms with Crippen molar-refractivity contribution in [3.05, 3.63) is 30.4 Å². The molecule has 0 spiro atoms. The molecule has 6 nitrogen and oxygen atoms in total. The maximum absolute atomic E-state index is 11.1. The van der Waals surface area contributed by atoms with Crippen LogP contribution in [0.15, 0.2) is 28.9 Å². The Morgan fingerprint density at radius 1 is 1.33 bits per heavy atom. The highest BCUT2D eigenvalue weighted by atomic mass is 16.4. The molecule has 1 aliphatic rings. The molecule has 2 heterocycles. The molecule has 2 aromatic heterocycles. The molecular weight excluding hydrogens is 270 g/mol. The first-order valence-electron chi connectivity index (χ1n) is 7.11. The summed E-state index contributed by atoms with van der Waals surface area (Å²) in [6.07, 6.45) is 7.99. The van der Waals surface area contributed by atoms with E-state index < -0.39 is 5.97 Å². The van der Waals surface area contributed by atoms with E-state index >= 15 is 0 Å². The van der Waals surface area contributed by atoms with Crippen molar-refractivity contribution in [2.45, 2.75) is 38.5 Å². The number of rotatable bonds is 5. The van der Waals surface area contributed by atoms with E-state index in [4.69, 9.17) is 9.52 Å². The lowest BCUT2D eigenvalue weighted by Gasteiger charge is -2.24. The lowest BCUT2D eigenvalue weighted by atomic mass is 9.79. The summed E-state index contributed by atoms with van der Waals surface area (Å²) in [6.45, 7) is 0. The molecule has 3 rings (SSSR count). The van der Waals surface area contributed by atoms with Crippen LogP contribution in [0.25, 0.3) is 11.5 Å². The van der Waals surface area contributed by atoms with Crippen LogP contribution in [0.2, 0.25) is 0 Å². The van der Waals surface area contributed by atoms with Crippen molar-refractivity contribution in [2.24, 2.45) is 5.41 Å². The van der Waals surface area contributed by atoms with Gasteiger partial charge >= 0.3 is 5.97 Å². The van der Waals surface area contributed by atoms with E-state index in [1.54, 1.807) is 12.4 Å². The van der Waals surface area contributed by atoms with Crippen molar-refractivity contribution >= 4 is 5.97 Å². The SMILES string of the molecule is O=C(O)CC1(Cc2nnc(-c3cccnc3)o2)CCCC1. The van der Waals surface area contributed by atoms with Gasteiger partial charge in [-0.2, -0.15) is 0 Å². The fraction of sp³-hybridized carbons (Fsp3) is 0.467. The molecule has 1 aliphatic carbocycles. The molecule has 0 unspecified atom stereocenters. The third-order valence-electron chi connectivity index (χ3n) is 4.09. The first kappa shape index (κ1) is 13.7. The Balaban J connectivity index is 1.78. The predicted molar refractivity (Wildman–Crippen MR) is 74.4 cm³/mol. The highest BCUT2D eigenvalue weighted by molar-refractivity contribution is 5.67. The lowest BCUT2D eigenvalue weighted by molar-refractivity contribution is -0.139. The van der Waals surface area contributed by atoms with Crippen molar-refractivity contribution in [3.8, 4) is 11.5 Å². The highest BCUT2D eigenvalue weighted by Crippen LogP contribution is 2.43. The molecule has 0 aromatic carbocycles. The van der Waals surface area contributed by atoms with Gasteiger partial charge in [-0.25, -0.2) is 0 Å². The summed E-state index contributed by atoms with van der Waals surface area (Å²) in [4.78, 5) is 15.1. The van der Waals surface area contributed by atoms with Gasteiger partial charge in [-0.3, -0.25) is 9.78 Å². The number of carboxylic acid groups (broad SMARTS) is 1. The number of nitrogens with zero attached hydrogens (tertiary/aromatic N) is 3. The number of aromatic nitrogens is 3. The number of carbonyl (C=O) groups is 1. The van der Waals surface area contributed by atoms with Crippen LogP contribution in [-0.2, 0) is 11.2 Å². The van der Waals surface area contributed by atoms with Crippen molar-refractivity contribution < 1.29 is 14.3 Å². The second kappa shape index (κ2) is 5.63. The molecule has 6 heteroatoms. The Hall–Kier alpha value is -2.24. The maximum atomic E-state index is 11.1. The van der Waals surface area contributed by atoms with Gasteiger partial charge in [0.1, 0.15) is 0 Å². The molecule has 1 N–H and O–H groups in total. The fourth-order valence-electron chi connectivity index (χ4n) is 3.11. The predicted octanol–water partition coefficient (Wildman–Crippen LogP) is 2.71. The van der Waals surface area contributed by atoms with Gasteiger partial charge in [0.05, 0.1) is 12.0 Å². The van der Waals surface area contributed by atoms with Crippen LogP contribution in [0.1, 0.15) is 38.0 Å². The minimum Gasteiger partial charge on any atom is -0.481 e. The molecule has 110 valence electrons. The van der Waals surface area contributed by atoms with E-state index in [0.717, 1.165) is 31.2 Å². The summed E-state index contributed by atoms with van der Waals surface area (Å²) in [5.74, 6) is 0.183. The summed E-state index contributed by atoms with van der Waals surface area (Å²) in [7, 11) is 0. The Morgan fingerprint density at radius 2 is 2.14 bits per heavy atom. The summed E-state index contributed by atoms with van der Waals surface area (Å²) in [5.41, 5.74) is 0.542. The van der Waals surface area contributed by atoms with Crippen molar-refractivity contribution in [3.63, 3.8) is 0 Å². The summed E-state index contributed by atoms with van der Waals surface area (Å²) < 4.78 is 5.68. The molecule has 0 aliphatic heterocycles. The molecule has 0 radical (unpaired) electrons. The zero-order chi connectivity index (χ0) is 14.7. The quantitative estimate of drug-likeness (QED) is 0.909. The first-order valence-corrected chi connectivity index (χ1v) is 7.11. The molecular formula is C15H17N3O3. The van der Waals surface area contributed by atoms with Crippen LogP contribution in [0.4, 0.5) is 0 Å². The smallest absolute Gasteiger partial charge is 0.303 e. The van der Waals surface area contributed by atoms with E-state index in [1.165, 1.54) is 0 Å². The summed E-state index contributed by atoms with van der Waals surface area (Å²) in [6, 6.07) is 3.66. The second-order valence-corrected chi connectivity index (χ2v) is 5.70. The molecule has 0 bridgehead atoms. The topological polar surface area (TPSA) is 89.1 Å². The van der Waals surface area contributed by atoms with Crippen molar-refractivity contribution in [2.75, 3.05) is 0 Å². The normalized spacial score (nSPS) is 17.0. The van der Waals surface area contributed by atoms with E-state index in [9.17, 15) is 4.79 Å². The van der Waals surface area contributed by atoms with Gasteiger partial charge in [-0.05, 0) is 30.4 Å². The van der Waals surface area contributed by atoms with Crippen LogP contribution in [0.5, 0.6) is 0 Å². The molecule has 0 saturated heterocycles. The lowest BCUT2D eigenvalue weighted by Crippen LogP contribution is -2.23. The molecule has 21 heavy (non-hydrogen) atoms. The van der Waals surface area contributed by atoms with Crippen LogP contribution >= 0.6 is 0 Å². The van der Waals surface area contributed by atoms with Gasteiger partial charge in [-0.1, -0.05) is 12.8 Å². The molecule has 0 amide bonds. The average Bonchev–Trinajstić information content (AvgIpc) is 3.09. The Labute approximate surface area is 122 Å². The summed E-state index contributed by atoms with van der Waals surface area (Å²) >= 11 is 0. The van der Waals surface area contributed by atoms with Gasteiger partial charge in [-0.15, -0.1) is 10.2 Å². The second-order valence-electron chi connectivity index (χ2n) is 5.70. The molecule has 0 atom stereocenters. The zero-order valence-electron chi connectivity index (χ0n) is 11.7. The number of pyridine rings is 1. The zero-order valence-corrected chi connectivity index (χ0v) is 11.7. The van der Waals surface area contributed by atoms with Crippen LogP contribution < -0.4 is 0 Å². The average molecular weight is 287 g/mol. The Morgan fingerprint density at radius 3 is 2.81 bits per heavy atom. The number of carboxylic acids is 1. The third-order valence-corrected chi connectivity index (χ3v) is 4.09. The number of hydrogen-bond acceptors (Lipinski definition) is 5. The fourth-order valence-corrected chi connectivity index (χ4v) is 3.11. The third kappa shape index (κ3) is 3.09. The van der Waals surface area contributed by atoms with Crippen LogP contribution in [-0.4, -0.2) is 26.3 Å². The molecule has 2 aromatic rings. The number of hydrogen-bond donors (Lipinski definition) is 1. The minimum absolute atomic E-state index is 0.164. The van der Waals surface area contributed by atoms with Gasteiger partial charge in [0.2, 0.25) is 11.8 Å². The first-order chi connectivity index (χ1) is 10.2. The maximum Gasteiger partial charge on any atom is 0.303 e. The molecule has 1 saturated carbocycles. The monoisotopic (exact) mass is 287 g/mol. The van der Waals surface area contributed by atoms with E-state index in [1.807, 2.05) is 12.1 Å². The van der Waals surface area contributed by atoms with Gasteiger partial charge in [0, 0.05) is 18.8 Å². The largest absolute Gasteiger partial charge is 0.481 e. The van der Waals surface area contributed by atoms with E-state index in [0.29, 0.717) is 18.2 Å². The Kier molecular flexibility index (Phi) is 3.68. The van der Waals surface area contributed by atoms with Gasteiger partial charge in [0.15, 0.2) is 0 Å². The summed E-state index contributed by atoms with van der Waals surface area (Å²) in [5, 5.41) is 17.2. The van der Waals surface area contributed by atoms with E-state index in [-0.39, 0.29) is 11.8 Å². The van der Waals surface area contributed by atoms with Crippen molar-refractivity contribution in [1.29, 1.82) is 0 Å². The highest BCUT2D eigenvalue weighted by Gasteiger charge is 2.37. The molecule has 1 fully saturated rings. The van der Waals surface area contributed by atoms with Gasteiger partial charge in [0.25, 0.3) is 0 Å². The Bertz CT molecular complexity index is 618. The minimum atomic E-state index is -0.760. The standard InChI is InChI=1S/C15H17N3O3/c19-13(20)9-15(5-1-2-6-15)8-12-17-18-14(21-12)11-4-3-7-16-10-11/h3-4,7,10H,1-2,5-6,8-9H2,(H,19,20). The number of aliphatic carboxylic acids is 1. The van der Waals surface area contributed by atoms with Crippen LogP contribution in [0.3, 0.4) is 0 Å². The van der Waals surface area contributed by atoms with Crippen LogP contribution in [0, 0.1) is 5.41 Å².